The van der Waals surface area contributed by atoms with Crippen molar-refractivity contribution in [1.29, 1.82) is 0 Å². The van der Waals surface area contributed by atoms with Gasteiger partial charge in [0.2, 0.25) is 5.91 Å². The van der Waals surface area contributed by atoms with E-state index in [2.05, 4.69) is 10.3 Å². The summed E-state index contributed by atoms with van der Waals surface area (Å²) in [6, 6.07) is 3.35. The van der Waals surface area contributed by atoms with E-state index in [-0.39, 0.29) is 18.1 Å². The van der Waals surface area contributed by atoms with E-state index in [1.165, 1.54) is 12.1 Å². The minimum atomic E-state index is -4.49. The number of anilines is 1. The molecule has 0 unspecified atom stereocenters. The molecule has 0 aromatic carbocycles. The number of pyridine rings is 1. The van der Waals surface area contributed by atoms with E-state index in [0.717, 1.165) is 6.07 Å². The van der Waals surface area contributed by atoms with E-state index in [1.54, 1.807) is 6.92 Å². The highest BCUT2D eigenvalue weighted by atomic mass is 19.4. The van der Waals surface area contributed by atoms with Crippen LogP contribution < -0.4 is 5.32 Å². The highest BCUT2D eigenvalue weighted by Crippen LogP contribution is 2.28. The van der Waals surface area contributed by atoms with Crippen molar-refractivity contribution in [2.75, 3.05) is 5.32 Å². The highest BCUT2D eigenvalue weighted by molar-refractivity contribution is 5.89. The molecule has 82 valence electrons. The number of hydrogen-bond acceptors (Lipinski definition) is 2. The van der Waals surface area contributed by atoms with E-state index < -0.39 is 11.9 Å². The fourth-order valence-corrected chi connectivity index (χ4v) is 0.893. The number of rotatable bonds is 2. The van der Waals surface area contributed by atoms with Crippen LogP contribution in [-0.4, -0.2) is 10.9 Å². The van der Waals surface area contributed by atoms with E-state index in [9.17, 15) is 18.0 Å². The lowest BCUT2D eigenvalue weighted by atomic mass is 10.3. The summed E-state index contributed by atoms with van der Waals surface area (Å²) >= 11 is 0. The van der Waals surface area contributed by atoms with Gasteiger partial charge in [-0.25, -0.2) is 4.98 Å². The maximum Gasteiger partial charge on any atom is 0.433 e. The van der Waals surface area contributed by atoms with Crippen molar-refractivity contribution < 1.29 is 18.0 Å². The SMILES string of the molecule is CCC(=O)Nc1cccc(C(F)(F)F)n1. The summed E-state index contributed by atoms with van der Waals surface area (Å²) in [6.45, 7) is 1.60. The van der Waals surface area contributed by atoms with Gasteiger partial charge in [0.15, 0.2) is 0 Å². The Balaban J connectivity index is 2.88. The lowest BCUT2D eigenvalue weighted by molar-refractivity contribution is -0.141. The average molecular weight is 218 g/mol. The number of carbonyl (C=O) groups is 1. The molecule has 0 aliphatic heterocycles. The van der Waals surface area contributed by atoms with Crippen LogP contribution in [0.3, 0.4) is 0 Å². The molecule has 3 nitrogen and oxygen atoms in total. The molecule has 0 spiro atoms. The van der Waals surface area contributed by atoms with Gasteiger partial charge < -0.3 is 5.32 Å². The summed E-state index contributed by atoms with van der Waals surface area (Å²) in [5.74, 6) is -0.460. The molecular formula is C9H9F3N2O. The van der Waals surface area contributed by atoms with Crippen LogP contribution in [0.4, 0.5) is 19.0 Å². The molecular weight excluding hydrogens is 209 g/mol. The van der Waals surface area contributed by atoms with Crippen molar-refractivity contribution in [3.8, 4) is 0 Å². The van der Waals surface area contributed by atoms with Crippen molar-refractivity contribution >= 4 is 11.7 Å². The van der Waals surface area contributed by atoms with Crippen molar-refractivity contribution in [2.24, 2.45) is 0 Å². The number of carbonyl (C=O) groups excluding carboxylic acids is 1. The Bertz CT molecular complexity index is 363. The molecule has 0 bridgehead atoms. The fourth-order valence-electron chi connectivity index (χ4n) is 0.893. The molecule has 15 heavy (non-hydrogen) atoms. The zero-order chi connectivity index (χ0) is 11.5. The number of nitrogens with one attached hydrogen (secondary N) is 1. The molecule has 0 atom stereocenters. The number of aromatic nitrogens is 1. The molecule has 1 amide bonds. The molecule has 0 radical (unpaired) electrons. The van der Waals surface area contributed by atoms with Gasteiger partial charge in [-0.1, -0.05) is 13.0 Å². The van der Waals surface area contributed by atoms with Crippen LogP contribution in [0.5, 0.6) is 0 Å². The predicted molar refractivity (Wildman–Crippen MR) is 48.2 cm³/mol. The Hall–Kier alpha value is -1.59. The van der Waals surface area contributed by atoms with Crippen LogP contribution in [0.15, 0.2) is 18.2 Å². The first-order valence-corrected chi connectivity index (χ1v) is 4.27. The zero-order valence-corrected chi connectivity index (χ0v) is 7.93. The number of alkyl halides is 3. The summed E-state index contributed by atoms with van der Waals surface area (Å²) < 4.78 is 36.6. The summed E-state index contributed by atoms with van der Waals surface area (Å²) in [5, 5.41) is 2.25. The second kappa shape index (κ2) is 4.29. The predicted octanol–water partition coefficient (Wildman–Crippen LogP) is 2.45. The largest absolute Gasteiger partial charge is 0.433 e. The Kier molecular flexibility index (Phi) is 3.28. The lowest BCUT2D eigenvalue weighted by Crippen LogP contribution is -2.14. The number of halogens is 3. The summed E-state index contributed by atoms with van der Waals surface area (Å²) in [4.78, 5) is 14.2. The Morgan fingerprint density at radius 1 is 1.47 bits per heavy atom. The van der Waals surface area contributed by atoms with Crippen LogP contribution >= 0.6 is 0 Å². The summed E-state index contributed by atoms with van der Waals surface area (Å²) in [6.07, 6.45) is -4.30. The normalized spacial score (nSPS) is 11.2. The van der Waals surface area contributed by atoms with E-state index in [4.69, 9.17) is 0 Å². The molecule has 0 aliphatic rings. The second-order valence-corrected chi connectivity index (χ2v) is 2.81. The zero-order valence-electron chi connectivity index (χ0n) is 7.93. The van der Waals surface area contributed by atoms with Gasteiger partial charge >= 0.3 is 6.18 Å². The van der Waals surface area contributed by atoms with Crippen molar-refractivity contribution in [1.82, 2.24) is 4.98 Å². The molecule has 1 N–H and O–H groups in total. The fraction of sp³-hybridized carbons (Fsp3) is 0.333. The minimum Gasteiger partial charge on any atom is -0.311 e. The van der Waals surface area contributed by atoms with Crippen molar-refractivity contribution in [3.05, 3.63) is 23.9 Å². The summed E-state index contributed by atoms with van der Waals surface area (Å²) in [5.41, 5.74) is -1.02. The first-order valence-electron chi connectivity index (χ1n) is 4.27. The third-order valence-corrected chi connectivity index (χ3v) is 1.63. The molecule has 1 rings (SSSR count). The van der Waals surface area contributed by atoms with E-state index >= 15 is 0 Å². The monoisotopic (exact) mass is 218 g/mol. The van der Waals surface area contributed by atoms with Crippen LogP contribution in [0, 0.1) is 0 Å². The van der Waals surface area contributed by atoms with Gasteiger partial charge in [0.05, 0.1) is 0 Å². The van der Waals surface area contributed by atoms with Gasteiger partial charge in [0, 0.05) is 6.42 Å². The Labute approximate surface area is 84.3 Å². The van der Waals surface area contributed by atoms with Crippen molar-refractivity contribution in [3.63, 3.8) is 0 Å². The maximum absolute atomic E-state index is 12.2. The molecule has 0 fully saturated rings. The van der Waals surface area contributed by atoms with Gasteiger partial charge in [-0.2, -0.15) is 13.2 Å². The first-order chi connectivity index (χ1) is 6.93. The second-order valence-electron chi connectivity index (χ2n) is 2.81. The highest BCUT2D eigenvalue weighted by Gasteiger charge is 2.32. The van der Waals surface area contributed by atoms with E-state index in [1.807, 2.05) is 0 Å². The van der Waals surface area contributed by atoms with Crippen LogP contribution in [0.25, 0.3) is 0 Å². The average Bonchev–Trinajstić information content (AvgIpc) is 2.17. The van der Waals surface area contributed by atoms with Crippen molar-refractivity contribution in [2.45, 2.75) is 19.5 Å². The molecule has 0 saturated carbocycles. The van der Waals surface area contributed by atoms with Gasteiger partial charge in [0.1, 0.15) is 11.5 Å². The number of amides is 1. The molecule has 0 saturated heterocycles. The minimum absolute atomic E-state index is 0.0864. The van der Waals surface area contributed by atoms with Crippen LogP contribution in [-0.2, 0) is 11.0 Å². The molecule has 1 aromatic heterocycles. The van der Waals surface area contributed by atoms with Gasteiger partial charge in [-0.05, 0) is 12.1 Å². The maximum atomic E-state index is 12.2. The topological polar surface area (TPSA) is 42.0 Å². The van der Waals surface area contributed by atoms with Crippen LogP contribution in [0.2, 0.25) is 0 Å². The van der Waals surface area contributed by atoms with Crippen LogP contribution in [0.1, 0.15) is 19.0 Å². The first kappa shape index (κ1) is 11.5. The smallest absolute Gasteiger partial charge is 0.311 e. The molecule has 0 aliphatic carbocycles. The Morgan fingerprint density at radius 2 is 2.13 bits per heavy atom. The third-order valence-electron chi connectivity index (χ3n) is 1.63. The summed E-state index contributed by atoms with van der Waals surface area (Å²) in [7, 11) is 0. The number of nitrogens with zero attached hydrogens (tertiary/aromatic N) is 1. The standard InChI is InChI=1S/C9H9F3N2O/c1-2-8(15)14-7-5-3-4-6(13-7)9(10,11)12/h3-5H,2H2,1H3,(H,13,14,15). The molecule has 6 heteroatoms. The van der Waals surface area contributed by atoms with Gasteiger partial charge in [-0.15, -0.1) is 0 Å². The van der Waals surface area contributed by atoms with E-state index in [0.29, 0.717) is 0 Å². The van der Waals surface area contributed by atoms with Gasteiger partial charge in [0.25, 0.3) is 0 Å². The number of hydrogen-bond donors (Lipinski definition) is 1. The molecule has 1 aromatic rings. The third kappa shape index (κ3) is 3.23. The van der Waals surface area contributed by atoms with Gasteiger partial charge in [-0.3, -0.25) is 4.79 Å². The lowest BCUT2D eigenvalue weighted by Gasteiger charge is -2.07. The quantitative estimate of drug-likeness (QED) is 0.828. The molecule has 1 heterocycles. The Morgan fingerprint density at radius 3 is 2.67 bits per heavy atom.